The second-order valence-electron chi connectivity index (χ2n) is 5.78. The van der Waals surface area contributed by atoms with Crippen LogP contribution in [0.5, 0.6) is 0 Å². The van der Waals surface area contributed by atoms with Gasteiger partial charge in [-0.05, 0) is 43.5 Å². The molecule has 2 heterocycles. The molecule has 7 heteroatoms. The smallest absolute Gasteiger partial charge is 0.216 e. The minimum Gasteiger partial charge on any atom is -0.439 e. The van der Waals surface area contributed by atoms with Crippen LogP contribution in [0.4, 0.5) is 4.39 Å². The summed E-state index contributed by atoms with van der Waals surface area (Å²) in [6.07, 6.45) is 5.55. The molecule has 6 nitrogen and oxygen atoms in total. The molecular weight excluding hydrogens is 299 g/mol. The van der Waals surface area contributed by atoms with Crippen molar-refractivity contribution in [3.05, 3.63) is 54.3 Å². The number of rotatable bonds is 4. The summed E-state index contributed by atoms with van der Waals surface area (Å²) in [5.41, 5.74) is -0.116. The van der Waals surface area contributed by atoms with Gasteiger partial charge in [-0.3, -0.25) is 0 Å². The number of halogens is 1. The van der Waals surface area contributed by atoms with Crippen molar-refractivity contribution in [2.45, 2.75) is 31.4 Å². The van der Waals surface area contributed by atoms with Gasteiger partial charge in [-0.2, -0.15) is 5.10 Å². The van der Waals surface area contributed by atoms with Crippen LogP contribution in [0.15, 0.2) is 41.2 Å². The van der Waals surface area contributed by atoms with Gasteiger partial charge in [0, 0.05) is 5.56 Å². The maximum absolute atomic E-state index is 12.9. The van der Waals surface area contributed by atoms with E-state index >= 15 is 0 Å². The summed E-state index contributed by atoms with van der Waals surface area (Å²) in [6, 6.07) is 6.03. The molecule has 1 N–H and O–H groups in total. The standard InChI is InChI=1S/C16H15FN4O2/c17-12-4-2-11(3-5-12)13-8-18-14(23-13)9-21-10-19-15(20-21)16(22)6-1-7-16/h2-5,8,10,22H,1,6-7,9H2. The van der Waals surface area contributed by atoms with Gasteiger partial charge in [-0.25, -0.2) is 19.0 Å². The van der Waals surface area contributed by atoms with Gasteiger partial charge in [-0.1, -0.05) is 0 Å². The van der Waals surface area contributed by atoms with Crippen molar-refractivity contribution in [3.63, 3.8) is 0 Å². The Morgan fingerprint density at radius 3 is 2.70 bits per heavy atom. The van der Waals surface area contributed by atoms with E-state index in [-0.39, 0.29) is 5.82 Å². The lowest BCUT2D eigenvalue weighted by atomic mass is 9.80. The summed E-state index contributed by atoms with van der Waals surface area (Å²) in [7, 11) is 0. The fraction of sp³-hybridized carbons (Fsp3) is 0.312. The molecule has 1 saturated carbocycles. The molecule has 118 valence electrons. The van der Waals surface area contributed by atoms with Crippen LogP contribution in [-0.4, -0.2) is 24.9 Å². The zero-order chi connectivity index (χ0) is 15.9. The first-order valence-corrected chi connectivity index (χ1v) is 7.45. The summed E-state index contributed by atoms with van der Waals surface area (Å²) in [5.74, 6) is 1.20. The van der Waals surface area contributed by atoms with Gasteiger partial charge in [0.2, 0.25) is 5.89 Å². The van der Waals surface area contributed by atoms with Crippen LogP contribution in [0.1, 0.15) is 31.0 Å². The molecule has 0 bridgehead atoms. The molecule has 23 heavy (non-hydrogen) atoms. The SMILES string of the molecule is OC1(c2ncn(Cc3ncc(-c4ccc(F)cc4)o3)n2)CCC1. The average molecular weight is 314 g/mol. The van der Waals surface area contributed by atoms with E-state index in [1.165, 1.54) is 12.1 Å². The van der Waals surface area contributed by atoms with Gasteiger partial charge in [-0.15, -0.1) is 0 Å². The molecule has 1 fully saturated rings. The molecule has 1 aliphatic carbocycles. The van der Waals surface area contributed by atoms with E-state index in [9.17, 15) is 9.50 Å². The van der Waals surface area contributed by atoms with Gasteiger partial charge in [0.05, 0.1) is 6.20 Å². The van der Waals surface area contributed by atoms with Crippen LogP contribution in [0.25, 0.3) is 11.3 Å². The number of benzene rings is 1. The Morgan fingerprint density at radius 2 is 2.00 bits per heavy atom. The largest absolute Gasteiger partial charge is 0.439 e. The highest BCUT2D eigenvalue weighted by Crippen LogP contribution is 2.38. The number of nitrogens with zero attached hydrogens (tertiary/aromatic N) is 4. The predicted octanol–water partition coefficient (Wildman–Crippen LogP) is 2.49. The molecule has 3 aromatic rings. The van der Waals surface area contributed by atoms with Gasteiger partial charge in [0.15, 0.2) is 11.6 Å². The van der Waals surface area contributed by atoms with E-state index in [1.807, 2.05) is 0 Å². The van der Waals surface area contributed by atoms with Gasteiger partial charge in [0.25, 0.3) is 0 Å². The maximum atomic E-state index is 12.9. The highest BCUT2D eigenvalue weighted by molar-refractivity contribution is 5.55. The Morgan fingerprint density at radius 1 is 1.22 bits per heavy atom. The Kier molecular flexibility index (Phi) is 3.23. The second-order valence-corrected chi connectivity index (χ2v) is 5.78. The Bertz CT molecular complexity index is 821. The fourth-order valence-electron chi connectivity index (χ4n) is 2.59. The third-order valence-electron chi connectivity index (χ3n) is 4.11. The lowest BCUT2D eigenvalue weighted by Gasteiger charge is -2.33. The minimum absolute atomic E-state index is 0.294. The first-order chi connectivity index (χ1) is 11.1. The number of aliphatic hydroxyl groups is 1. The van der Waals surface area contributed by atoms with Crippen LogP contribution in [0, 0.1) is 5.82 Å². The summed E-state index contributed by atoms with van der Waals surface area (Å²) in [6.45, 7) is 0.324. The molecule has 0 spiro atoms. The summed E-state index contributed by atoms with van der Waals surface area (Å²) >= 11 is 0. The molecule has 0 atom stereocenters. The topological polar surface area (TPSA) is 77.0 Å². The first kappa shape index (κ1) is 14.1. The fourth-order valence-corrected chi connectivity index (χ4v) is 2.59. The Balaban J connectivity index is 1.50. The third kappa shape index (κ3) is 2.63. The number of hydrogen-bond acceptors (Lipinski definition) is 5. The summed E-state index contributed by atoms with van der Waals surface area (Å²) in [5, 5.41) is 14.5. The molecule has 1 aliphatic rings. The molecule has 0 saturated heterocycles. The van der Waals surface area contributed by atoms with E-state index in [4.69, 9.17) is 4.42 Å². The predicted molar refractivity (Wildman–Crippen MR) is 78.8 cm³/mol. The van der Waals surface area contributed by atoms with E-state index < -0.39 is 5.60 Å². The monoisotopic (exact) mass is 314 g/mol. The van der Waals surface area contributed by atoms with E-state index in [2.05, 4.69) is 15.1 Å². The quantitative estimate of drug-likeness (QED) is 0.800. The normalized spacial score (nSPS) is 16.3. The lowest BCUT2D eigenvalue weighted by molar-refractivity contribution is -0.0468. The minimum atomic E-state index is -0.874. The van der Waals surface area contributed by atoms with Crippen LogP contribution >= 0.6 is 0 Å². The molecule has 0 radical (unpaired) electrons. The Hall–Kier alpha value is -2.54. The van der Waals surface area contributed by atoms with Crippen molar-refractivity contribution in [1.82, 2.24) is 19.7 Å². The van der Waals surface area contributed by atoms with E-state index in [0.717, 1.165) is 12.0 Å². The molecule has 2 aromatic heterocycles. The first-order valence-electron chi connectivity index (χ1n) is 7.45. The highest BCUT2D eigenvalue weighted by atomic mass is 19.1. The molecule has 1 aromatic carbocycles. The van der Waals surface area contributed by atoms with Gasteiger partial charge < -0.3 is 9.52 Å². The molecule has 4 rings (SSSR count). The maximum Gasteiger partial charge on any atom is 0.216 e. The van der Waals surface area contributed by atoms with Crippen LogP contribution in [-0.2, 0) is 12.1 Å². The van der Waals surface area contributed by atoms with Crippen LogP contribution < -0.4 is 0 Å². The van der Waals surface area contributed by atoms with Gasteiger partial charge in [0.1, 0.15) is 24.3 Å². The molecule has 0 amide bonds. The van der Waals surface area contributed by atoms with Crippen molar-refractivity contribution < 1.29 is 13.9 Å². The molecular formula is C16H15FN4O2. The zero-order valence-electron chi connectivity index (χ0n) is 12.3. The molecule has 0 unspecified atom stereocenters. The van der Waals surface area contributed by atoms with Crippen molar-refractivity contribution in [1.29, 1.82) is 0 Å². The van der Waals surface area contributed by atoms with Gasteiger partial charge >= 0.3 is 0 Å². The number of aromatic nitrogens is 4. The van der Waals surface area contributed by atoms with Crippen LogP contribution in [0.3, 0.4) is 0 Å². The lowest BCUT2D eigenvalue weighted by Crippen LogP contribution is -2.35. The zero-order valence-corrected chi connectivity index (χ0v) is 12.3. The summed E-state index contributed by atoms with van der Waals surface area (Å²) < 4.78 is 20.2. The van der Waals surface area contributed by atoms with Crippen molar-refractivity contribution in [2.75, 3.05) is 0 Å². The van der Waals surface area contributed by atoms with E-state index in [0.29, 0.717) is 36.9 Å². The summed E-state index contributed by atoms with van der Waals surface area (Å²) in [4.78, 5) is 8.38. The van der Waals surface area contributed by atoms with Crippen molar-refractivity contribution in [2.24, 2.45) is 0 Å². The van der Waals surface area contributed by atoms with Crippen molar-refractivity contribution in [3.8, 4) is 11.3 Å². The number of oxazole rings is 1. The average Bonchev–Trinajstić information content (AvgIpc) is 3.16. The van der Waals surface area contributed by atoms with E-state index in [1.54, 1.807) is 29.3 Å². The Labute approximate surface area is 131 Å². The highest BCUT2D eigenvalue weighted by Gasteiger charge is 2.39. The van der Waals surface area contributed by atoms with Crippen molar-refractivity contribution >= 4 is 0 Å². The van der Waals surface area contributed by atoms with Crippen LogP contribution in [0.2, 0.25) is 0 Å². The molecule has 0 aliphatic heterocycles. The third-order valence-corrected chi connectivity index (χ3v) is 4.11. The second kappa shape index (κ2) is 5.27. The number of hydrogen-bond donors (Lipinski definition) is 1.